The minimum atomic E-state index is -0.439. The molecule has 34 heavy (non-hydrogen) atoms. The van der Waals surface area contributed by atoms with E-state index in [0.717, 1.165) is 5.56 Å². The van der Waals surface area contributed by atoms with Gasteiger partial charge in [-0.1, -0.05) is 32.0 Å². The molecule has 0 fully saturated rings. The monoisotopic (exact) mass is 460 g/mol. The lowest BCUT2D eigenvalue weighted by atomic mass is 10.1. The molecule has 2 aromatic heterocycles. The van der Waals surface area contributed by atoms with Gasteiger partial charge in [-0.3, -0.25) is 14.2 Å². The van der Waals surface area contributed by atoms with E-state index in [0.29, 0.717) is 29.3 Å². The molecule has 2 aromatic carbocycles. The largest absolute Gasteiger partial charge is 0.497 e. The third-order valence-corrected chi connectivity index (χ3v) is 5.91. The van der Waals surface area contributed by atoms with E-state index in [9.17, 15) is 14.4 Å². The second-order valence-corrected chi connectivity index (χ2v) is 8.74. The Morgan fingerprint density at radius 2 is 1.76 bits per heavy atom. The zero-order valence-electron chi connectivity index (χ0n) is 19.8. The molecular weight excluding hydrogens is 432 g/mol. The van der Waals surface area contributed by atoms with Crippen LogP contribution < -0.4 is 16.0 Å². The van der Waals surface area contributed by atoms with Gasteiger partial charge in [0, 0.05) is 12.1 Å². The highest BCUT2D eigenvalue weighted by Crippen LogP contribution is 2.18. The number of ether oxygens (including phenoxy) is 1. The van der Waals surface area contributed by atoms with Gasteiger partial charge < -0.3 is 9.30 Å². The number of carbonyl (C=O) groups excluding carboxylic acids is 1. The fraction of sp³-hybridized carbons (Fsp3) is 0.308. The number of Topliss-reactive ketones (excluding diaryl/α,β-unsaturated/α-hetero) is 1. The summed E-state index contributed by atoms with van der Waals surface area (Å²) in [6, 6.07) is 14.3. The van der Waals surface area contributed by atoms with E-state index >= 15 is 0 Å². The van der Waals surface area contributed by atoms with Crippen molar-refractivity contribution < 1.29 is 9.53 Å². The molecule has 0 unspecified atom stereocenters. The van der Waals surface area contributed by atoms with Crippen molar-refractivity contribution in [3.63, 3.8) is 0 Å². The van der Waals surface area contributed by atoms with E-state index in [1.165, 1.54) is 20.0 Å². The summed E-state index contributed by atoms with van der Waals surface area (Å²) in [7, 11) is 1.56. The van der Waals surface area contributed by atoms with E-state index < -0.39 is 11.2 Å². The number of carbonyl (C=O) groups is 1. The van der Waals surface area contributed by atoms with E-state index in [4.69, 9.17) is 4.74 Å². The topological polar surface area (TPSA) is 88.1 Å². The van der Waals surface area contributed by atoms with Gasteiger partial charge in [-0.2, -0.15) is 0 Å². The van der Waals surface area contributed by atoms with Crippen molar-refractivity contribution in [3.8, 4) is 11.4 Å². The Morgan fingerprint density at radius 3 is 2.41 bits per heavy atom. The third kappa shape index (κ3) is 4.31. The molecule has 0 bridgehead atoms. The zero-order valence-corrected chi connectivity index (χ0v) is 19.8. The molecule has 4 aromatic rings. The second kappa shape index (κ2) is 9.51. The van der Waals surface area contributed by atoms with Crippen LogP contribution in [0.25, 0.3) is 16.9 Å². The minimum absolute atomic E-state index is 0.0752. The number of hydrogen-bond donors (Lipinski definition) is 0. The van der Waals surface area contributed by atoms with Crippen molar-refractivity contribution in [2.75, 3.05) is 7.11 Å². The summed E-state index contributed by atoms with van der Waals surface area (Å²) in [5, 5.41) is 0. The van der Waals surface area contributed by atoms with Crippen molar-refractivity contribution >= 4 is 16.9 Å². The number of rotatable bonds is 8. The molecule has 0 radical (unpaired) electrons. The van der Waals surface area contributed by atoms with Crippen LogP contribution in [0.15, 0.2) is 64.4 Å². The van der Waals surface area contributed by atoms with Gasteiger partial charge in [-0.15, -0.1) is 0 Å². The molecule has 0 aliphatic rings. The van der Waals surface area contributed by atoms with Gasteiger partial charge >= 0.3 is 5.69 Å². The number of nitrogens with zero attached hydrogens (tertiary/aromatic N) is 4. The van der Waals surface area contributed by atoms with Crippen molar-refractivity contribution in [1.29, 1.82) is 0 Å². The molecule has 2 heterocycles. The number of aryl methyl sites for hydroxylation is 1. The zero-order chi connectivity index (χ0) is 24.4. The number of hydrogen-bond acceptors (Lipinski definition) is 5. The standard InChI is InChI=1S/C26H28N4O4/c1-17(2)13-14-29-25(32)23-24(30(26(29)33)21-8-6-5-7-18(21)3)27-16-28(23)15-22(31)19-9-11-20(34-4)12-10-19/h5-12,16-17H,13-15H2,1-4H3. The van der Waals surface area contributed by atoms with Crippen LogP contribution in [0, 0.1) is 12.8 Å². The van der Waals surface area contributed by atoms with Crippen LogP contribution in [-0.2, 0) is 13.1 Å². The van der Waals surface area contributed by atoms with Crippen LogP contribution in [0.1, 0.15) is 36.2 Å². The molecule has 0 aliphatic heterocycles. The van der Waals surface area contributed by atoms with Crippen LogP contribution in [0.4, 0.5) is 0 Å². The van der Waals surface area contributed by atoms with Gasteiger partial charge in [0.25, 0.3) is 5.56 Å². The Balaban J connectivity index is 1.88. The molecule has 0 amide bonds. The van der Waals surface area contributed by atoms with Crippen LogP contribution >= 0.6 is 0 Å². The summed E-state index contributed by atoms with van der Waals surface area (Å²) < 4.78 is 9.41. The normalized spacial score (nSPS) is 11.3. The number of imidazole rings is 1. The van der Waals surface area contributed by atoms with Crippen LogP contribution in [0.5, 0.6) is 5.75 Å². The molecule has 0 atom stereocenters. The molecule has 176 valence electrons. The molecule has 8 heteroatoms. The van der Waals surface area contributed by atoms with E-state index in [-0.39, 0.29) is 30.0 Å². The SMILES string of the molecule is COc1ccc(C(=O)Cn2cnc3c2c(=O)n(CCC(C)C)c(=O)n3-c2ccccc2C)cc1. The highest BCUT2D eigenvalue weighted by Gasteiger charge is 2.21. The predicted octanol–water partition coefficient (Wildman–Crippen LogP) is 3.59. The minimum Gasteiger partial charge on any atom is -0.497 e. The van der Waals surface area contributed by atoms with Gasteiger partial charge in [-0.05, 0) is 55.2 Å². The highest BCUT2D eigenvalue weighted by molar-refractivity contribution is 5.96. The highest BCUT2D eigenvalue weighted by atomic mass is 16.5. The van der Waals surface area contributed by atoms with Crippen molar-refractivity contribution in [2.45, 2.75) is 40.3 Å². The Hall–Kier alpha value is -3.94. The quantitative estimate of drug-likeness (QED) is 0.375. The van der Waals surface area contributed by atoms with Crippen LogP contribution in [-0.4, -0.2) is 31.6 Å². The van der Waals surface area contributed by atoms with Gasteiger partial charge in [0.1, 0.15) is 5.75 Å². The second-order valence-electron chi connectivity index (χ2n) is 8.74. The number of ketones is 1. The summed E-state index contributed by atoms with van der Waals surface area (Å²) in [5.74, 6) is 0.791. The number of aromatic nitrogens is 4. The Bertz CT molecular complexity index is 1460. The maximum absolute atomic E-state index is 13.5. The first-order valence-corrected chi connectivity index (χ1v) is 11.3. The molecule has 8 nitrogen and oxygen atoms in total. The number of benzene rings is 2. The maximum Gasteiger partial charge on any atom is 0.337 e. The van der Waals surface area contributed by atoms with E-state index in [2.05, 4.69) is 4.98 Å². The summed E-state index contributed by atoms with van der Waals surface area (Å²) in [5.41, 5.74) is 1.63. The van der Waals surface area contributed by atoms with Gasteiger partial charge in [0.15, 0.2) is 16.9 Å². The van der Waals surface area contributed by atoms with Crippen LogP contribution in [0.2, 0.25) is 0 Å². The van der Waals surface area contributed by atoms with E-state index in [1.54, 1.807) is 31.4 Å². The van der Waals surface area contributed by atoms with Gasteiger partial charge in [0.2, 0.25) is 0 Å². The Kier molecular flexibility index (Phi) is 6.49. The third-order valence-electron chi connectivity index (χ3n) is 5.91. The fourth-order valence-corrected chi connectivity index (χ4v) is 3.94. The predicted molar refractivity (Wildman–Crippen MR) is 131 cm³/mol. The Labute approximate surface area is 197 Å². The average Bonchev–Trinajstić information content (AvgIpc) is 3.23. The first-order valence-electron chi connectivity index (χ1n) is 11.3. The van der Waals surface area contributed by atoms with E-state index in [1.807, 2.05) is 45.0 Å². The fourth-order valence-electron chi connectivity index (χ4n) is 3.94. The smallest absolute Gasteiger partial charge is 0.337 e. The molecule has 4 rings (SSSR count). The lowest BCUT2D eigenvalue weighted by Crippen LogP contribution is -2.40. The number of methoxy groups -OCH3 is 1. The molecule has 0 N–H and O–H groups in total. The lowest BCUT2D eigenvalue weighted by molar-refractivity contribution is 0.0973. The lowest BCUT2D eigenvalue weighted by Gasteiger charge is -2.15. The average molecular weight is 461 g/mol. The molecule has 0 saturated carbocycles. The van der Waals surface area contributed by atoms with Gasteiger partial charge in [-0.25, -0.2) is 14.3 Å². The number of fused-ring (bicyclic) bond motifs is 1. The molecular formula is C26H28N4O4. The maximum atomic E-state index is 13.5. The molecule has 0 spiro atoms. The Morgan fingerprint density at radius 1 is 1.06 bits per heavy atom. The van der Waals surface area contributed by atoms with Gasteiger partial charge in [0.05, 0.1) is 25.7 Å². The summed E-state index contributed by atoms with van der Waals surface area (Å²) >= 11 is 0. The summed E-state index contributed by atoms with van der Waals surface area (Å²) in [6.45, 7) is 6.20. The van der Waals surface area contributed by atoms with Crippen LogP contribution in [0.3, 0.4) is 0 Å². The molecule has 0 saturated heterocycles. The first kappa shape index (κ1) is 23.2. The summed E-state index contributed by atoms with van der Waals surface area (Å²) in [6.07, 6.45) is 2.13. The molecule has 0 aliphatic carbocycles. The van der Waals surface area contributed by atoms with Crippen molar-refractivity contribution in [3.05, 3.63) is 86.8 Å². The first-order chi connectivity index (χ1) is 16.3. The summed E-state index contributed by atoms with van der Waals surface area (Å²) in [4.78, 5) is 44.3. The number of para-hydroxylation sites is 1. The van der Waals surface area contributed by atoms with Crippen molar-refractivity contribution in [1.82, 2.24) is 18.7 Å². The van der Waals surface area contributed by atoms with Crippen molar-refractivity contribution in [2.24, 2.45) is 5.92 Å².